The third kappa shape index (κ3) is 3.19. The molecule has 0 bridgehead atoms. The van der Waals surface area contributed by atoms with Gasteiger partial charge in [-0.1, -0.05) is 30.3 Å². The smallest absolute Gasteiger partial charge is 0.205 e. The van der Waals surface area contributed by atoms with Gasteiger partial charge in [0.05, 0.1) is 6.04 Å². The number of aromatic nitrogens is 5. The highest BCUT2D eigenvalue weighted by Crippen LogP contribution is 2.23. The van der Waals surface area contributed by atoms with E-state index in [1.165, 1.54) is 18.5 Å². The van der Waals surface area contributed by atoms with Gasteiger partial charge in [-0.15, -0.1) is 10.2 Å². The van der Waals surface area contributed by atoms with Crippen LogP contribution in [-0.2, 0) is 0 Å². The molecule has 0 saturated carbocycles. The van der Waals surface area contributed by atoms with Crippen molar-refractivity contribution in [3.63, 3.8) is 0 Å². The zero-order valence-electron chi connectivity index (χ0n) is 14.0. The molecule has 128 valence electrons. The normalized spacial score (nSPS) is 12.1. The minimum Gasteiger partial charge on any atom is -0.362 e. The van der Waals surface area contributed by atoms with E-state index in [0.717, 1.165) is 5.56 Å². The molecule has 6 nitrogen and oxygen atoms in total. The van der Waals surface area contributed by atoms with Crippen LogP contribution in [0.25, 0.3) is 22.6 Å². The quantitative estimate of drug-likeness (QED) is 0.606. The Kier molecular flexibility index (Phi) is 4.18. The van der Waals surface area contributed by atoms with Gasteiger partial charge in [-0.3, -0.25) is 0 Å². The molecule has 0 aliphatic heterocycles. The van der Waals surface area contributed by atoms with Gasteiger partial charge >= 0.3 is 0 Å². The van der Waals surface area contributed by atoms with Gasteiger partial charge in [-0.05, 0) is 36.8 Å². The SMILES string of the molecule is C[C@H](Nc1ncnc2nnc(-c3ccc(F)cc3)nc12)c1ccccc1. The lowest BCUT2D eigenvalue weighted by atomic mass is 10.1. The highest BCUT2D eigenvalue weighted by molar-refractivity contribution is 5.83. The fraction of sp³-hybridized carbons (Fsp3) is 0.105. The fourth-order valence-electron chi connectivity index (χ4n) is 2.63. The maximum Gasteiger partial charge on any atom is 0.205 e. The molecule has 1 atom stereocenters. The molecule has 1 N–H and O–H groups in total. The number of benzene rings is 2. The molecule has 0 amide bonds. The zero-order chi connectivity index (χ0) is 17.9. The van der Waals surface area contributed by atoms with Gasteiger partial charge < -0.3 is 5.32 Å². The van der Waals surface area contributed by atoms with E-state index in [4.69, 9.17) is 0 Å². The van der Waals surface area contributed by atoms with Crippen molar-refractivity contribution in [3.8, 4) is 11.4 Å². The number of nitrogens with one attached hydrogen (secondary N) is 1. The van der Waals surface area contributed by atoms with Crippen molar-refractivity contribution in [3.05, 3.63) is 72.3 Å². The highest BCUT2D eigenvalue weighted by atomic mass is 19.1. The minimum atomic E-state index is -0.315. The van der Waals surface area contributed by atoms with Crippen LogP contribution in [0.2, 0.25) is 0 Å². The van der Waals surface area contributed by atoms with Crippen molar-refractivity contribution >= 4 is 17.0 Å². The molecule has 0 aliphatic carbocycles. The van der Waals surface area contributed by atoms with Gasteiger partial charge in [0.2, 0.25) is 5.65 Å². The average molecular weight is 346 g/mol. The summed E-state index contributed by atoms with van der Waals surface area (Å²) in [7, 11) is 0. The Morgan fingerprint density at radius 2 is 1.69 bits per heavy atom. The first-order chi connectivity index (χ1) is 12.7. The van der Waals surface area contributed by atoms with Gasteiger partial charge in [0, 0.05) is 5.56 Å². The molecule has 0 unspecified atom stereocenters. The van der Waals surface area contributed by atoms with Gasteiger partial charge in [0.1, 0.15) is 12.1 Å². The maximum absolute atomic E-state index is 13.1. The molecule has 2 aromatic heterocycles. The predicted molar refractivity (Wildman–Crippen MR) is 96.8 cm³/mol. The molecule has 7 heteroatoms. The van der Waals surface area contributed by atoms with E-state index in [9.17, 15) is 4.39 Å². The van der Waals surface area contributed by atoms with E-state index in [1.807, 2.05) is 37.3 Å². The molecular formula is C19H15FN6. The van der Waals surface area contributed by atoms with E-state index < -0.39 is 0 Å². The second-order valence-electron chi connectivity index (χ2n) is 5.81. The first kappa shape index (κ1) is 16.0. The molecule has 4 rings (SSSR count). The Balaban J connectivity index is 1.73. The van der Waals surface area contributed by atoms with Gasteiger partial charge in [0.15, 0.2) is 17.2 Å². The lowest BCUT2D eigenvalue weighted by molar-refractivity contribution is 0.628. The van der Waals surface area contributed by atoms with Crippen molar-refractivity contribution in [1.82, 2.24) is 25.1 Å². The number of hydrogen-bond donors (Lipinski definition) is 1. The van der Waals surface area contributed by atoms with Crippen molar-refractivity contribution in [2.75, 3.05) is 5.32 Å². The number of fused-ring (bicyclic) bond motifs is 1. The van der Waals surface area contributed by atoms with Crippen LogP contribution < -0.4 is 5.32 Å². The topological polar surface area (TPSA) is 76.5 Å². The molecule has 0 radical (unpaired) electrons. The van der Waals surface area contributed by atoms with Crippen LogP contribution in [0, 0.1) is 5.82 Å². The minimum absolute atomic E-state index is 0.0264. The summed E-state index contributed by atoms with van der Waals surface area (Å²) in [4.78, 5) is 13.0. The average Bonchev–Trinajstić information content (AvgIpc) is 2.69. The van der Waals surface area contributed by atoms with E-state index in [-0.39, 0.29) is 11.9 Å². The Bertz CT molecular complexity index is 1040. The monoisotopic (exact) mass is 346 g/mol. The van der Waals surface area contributed by atoms with Crippen LogP contribution >= 0.6 is 0 Å². The Morgan fingerprint density at radius 3 is 2.46 bits per heavy atom. The molecule has 26 heavy (non-hydrogen) atoms. The van der Waals surface area contributed by atoms with Gasteiger partial charge in [-0.25, -0.2) is 19.3 Å². The van der Waals surface area contributed by atoms with Crippen LogP contribution in [0.5, 0.6) is 0 Å². The molecule has 2 heterocycles. The Labute approximate surface area is 149 Å². The van der Waals surface area contributed by atoms with Crippen LogP contribution in [-0.4, -0.2) is 25.1 Å². The summed E-state index contributed by atoms with van der Waals surface area (Å²) in [6, 6.07) is 16.0. The van der Waals surface area contributed by atoms with Crippen LogP contribution in [0.1, 0.15) is 18.5 Å². The van der Waals surface area contributed by atoms with Gasteiger partial charge in [-0.2, -0.15) is 0 Å². The summed E-state index contributed by atoms with van der Waals surface area (Å²) in [5, 5.41) is 11.6. The summed E-state index contributed by atoms with van der Waals surface area (Å²) < 4.78 is 13.1. The number of anilines is 1. The lowest BCUT2D eigenvalue weighted by Gasteiger charge is -2.15. The standard InChI is InChI=1S/C19H15FN6/c1-12(13-5-3-2-4-6-13)23-18-16-19(22-11-21-18)26-25-17(24-16)14-7-9-15(20)10-8-14/h2-12H,1H3,(H,21,22,23,26)/t12-/m0/s1. The molecule has 0 aliphatic rings. The van der Waals surface area contributed by atoms with Crippen molar-refractivity contribution in [2.24, 2.45) is 0 Å². The first-order valence-corrected chi connectivity index (χ1v) is 8.13. The summed E-state index contributed by atoms with van der Waals surface area (Å²) in [6.07, 6.45) is 1.43. The van der Waals surface area contributed by atoms with Crippen molar-refractivity contribution < 1.29 is 4.39 Å². The number of halogens is 1. The lowest BCUT2D eigenvalue weighted by Crippen LogP contribution is -2.10. The van der Waals surface area contributed by atoms with Gasteiger partial charge in [0.25, 0.3) is 0 Å². The van der Waals surface area contributed by atoms with E-state index in [1.54, 1.807) is 12.1 Å². The molecule has 4 aromatic rings. The van der Waals surface area contributed by atoms with E-state index in [2.05, 4.69) is 30.5 Å². The fourth-order valence-corrected chi connectivity index (χ4v) is 2.63. The van der Waals surface area contributed by atoms with Crippen LogP contribution in [0.4, 0.5) is 10.2 Å². The van der Waals surface area contributed by atoms with E-state index >= 15 is 0 Å². The summed E-state index contributed by atoms with van der Waals surface area (Å²) >= 11 is 0. The molecular weight excluding hydrogens is 331 g/mol. The summed E-state index contributed by atoms with van der Waals surface area (Å²) in [5.41, 5.74) is 2.71. The van der Waals surface area contributed by atoms with Crippen molar-refractivity contribution in [1.29, 1.82) is 0 Å². The summed E-state index contributed by atoms with van der Waals surface area (Å²) in [6.45, 7) is 2.04. The largest absolute Gasteiger partial charge is 0.362 e. The molecule has 2 aromatic carbocycles. The first-order valence-electron chi connectivity index (χ1n) is 8.13. The van der Waals surface area contributed by atoms with E-state index in [0.29, 0.717) is 28.4 Å². The number of hydrogen-bond acceptors (Lipinski definition) is 6. The molecule has 0 fully saturated rings. The number of nitrogens with zero attached hydrogens (tertiary/aromatic N) is 5. The third-order valence-corrected chi connectivity index (χ3v) is 4.02. The Morgan fingerprint density at radius 1 is 0.923 bits per heavy atom. The van der Waals surface area contributed by atoms with Crippen LogP contribution in [0.3, 0.4) is 0 Å². The second kappa shape index (κ2) is 6.79. The zero-order valence-corrected chi connectivity index (χ0v) is 14.0. The third-order valence-electron chi connectivity index (χ3n) is 4.02. The molecule has 0 spiro atoms. The second-order valence-corrected chi connectivity index (χ2v) is 5.81. The highest BCUT2D eigenvalue weighted by Gasteiger charge is 2.13. The van der Waals surface area contributed by atoms with Crippen LogP contribution in [0.15, 0.2) is 60.9 Å². The predicted octanol–water partition coefficient (Wildman–Crippen LogP) is 3.79. The van der Waals surface area contributed by atoms with Crippen molar-refractivity contribution in [2.45, 2.75) is 13.0 Å². The molecule has 0 saturated heterocycles. The summed E-state index contributed by atoms with van der Waals surface area (Å²) in [5.74, 6) is 0.650. The Hall–Kier alpha value is -3.48. The number of rotatable bonds is 4. The maximum atomic E-state index is 13.1.